The molecule has 0 bridgehead atoms. The second kappa shape index (κ2) is 7.33. The average molecular weight is 328 g/mol. The zero-order valence-electron chi connectivity index (χ0n) is 11.4. The van der Waals surface area contributed by atoms with Gasteiger partial charge in [0, 0.05) is 18.4 Å². The minimum Gasteiger partial charge on any atom is -0.487 e. The van der Waals surface area contributed by atoms with E-state index >= 15 is 0 Å². The van der Waals surface area contributed by atoms with Crippen LogP contribution >= 0.6 is 22.9 Å². The standard InChI is InChI=1S/C13H14ClN3O3S/c1-2-20-12-9(5-3-6-10(12)17(18)19)13-16-15-11(21-13)7-4-8-14/h3,5-6H,2,4,7-8H2,1H3. The van der Waals surface area contributed by atoms with Crippen LogP contribution in [0.4, 0.5) is 5.69 Å². The molecule has 0 unspecified atom stereocenters. The van der Waals surface area contributed by atoms with Crippen LogP contribution in [0.15, 0.2) is 18.2 Å². The second-order valence-corrected chi connectivity index (χ2v) is 5.58. The third kappa shape index (κ3) is 3.68. The topological polar surface area (TPSA) is 78.2 Å². The van der Waals surface area contributed by atoms with Crippen LogP contribution < -0.4 is 4.74 Å². The van der Waals surface area contributed by atoms with Gasteiger partial charge in [0.2, 0.25) is 5.75 Å². The lowest BCUT2D eigenvalue weighted by Crippen LogP contribution is -1.99. The van der Waals surface area contributed by atoms with Gasteiger partial charge in [0.1, 0.15) is 5.01 Å². The predicted octanol–water partition coefficient (Wildman–Crippen LogP) is 3.68. The molecule has 21 heavy (non-hydrogen) atoms. The lowest BCUT2D eigenvalue weighted by atomic mass is 10.2. The van der Waals surface area contributed by atoms with Crippen LogP contribution in [0.2, 0.25) is 0 Å². The van der Waals surface area contributed by atoms with Gasteiger partial charge in [-0.2, -0.15) is 0 Å². The number of nitrogens with zero attached hydrogens (tertiary/aromatic N) is 3. The van der Waals surface area contributed by atoms with Gasteiger partial charge >= 0.3 is 5.69 Å². The molecule has 1 aromatic heterocycles. The second-order valence-electron chi connectivity index (χ2n) is 4.14. The summed E-state index contributed by atoms with van der Waals surface area (Å²) in [6, 6.07) is 4.80. The van der Waals surface area contributed by atoms with Crippen molar-refractivity contribution in [3.63, 3.8) is 0 Å². The molecule has 0 amide bonds. The van der Waals surface area contributed by atoms with Crippen molar-refractivity contribution in [1.82, 2.24) is 10.2 Å². The number of hydrogen-bond acceptors (Lipinski definition) is 6. The minimum absolute atomic E-state index is 0.0631. The van der Waals surface area contributed by atoms with Crippen molar-refractivity contribution in [2.45, 2.75) is 19.8 Å². The van der Waals surface area contributed by atoms with Crippen molar-refractivity contribution >= 4 is 28.6 Å². The summed E-state index contributed by atoms with van der Waals surface area (Å²) in [5, 5.41) is 20.8. The van der Waals surface area contributed by atoms with E-state index in [1.807, 2.05) is 0 Å². The van der Waals surface area contributed by atoms with Crippen molar-refractivity contribution in [2.24, 2.45) is 0 Å². The maximum absolute atomic E-state index is 11.1. The highest BCUT2D eigenvalue weighted by atomic mass is 35.5. The fraction of sp³-hybridized carbons (Fsp3) is 0.385. The molecular formula is C13H14ClN3O3S. The number of aryl methyl sites for hydroxylation is 1. The lowest BCUT2D eigenvalue weighted by molar-refractivity contribution is -0.385. The van der Waals surface area contributed by atoms with Crippen LogP contribution in [0.1, 0.15) is 18.4 Å². The molecular weight excluding hydrogens is 314 g/mol. The van der Waals surface area contributed by atoms with Crippen molar-refractivity contribution in [1.29, 1.82) is 0 Å². The van der Waals surface area contributed by atoms with Gasteiger partial charge in [-0.1, -0.05) is 17.4 Å². The van der Waals surface area contributed by atoms with Crippen LogP contribution in [0.25, 0.3) is 10.6 Å². The number of ether oxygens (including phenoxy) is 1. The van der Waals surface area contributed by atoms with Crippen LogP contribution in [0, 0.1) is 10.1 Å². The maximum Gasteiger partial charge on any atom is 0.311 e. The van der Waals surface area contributed by atoms with E-state index in [1.165, 1.54) is 17.4 Å². The Kier molecular flexibility index (Phi) is 5.46. The number of halogens is 1. The first kappa shape index (κ1) is 15.7. The molecule has 8 heteroatoms. The first-order valence-electron chi connectivity index (χ1n) is 6.46. The van der Waals surface area contributed by atoms with Gasteiger partial charge in [-0.15, -0.1) is 21.8 Å². The highest BCUT2D eigenvalue weighted by Gasteiger charge is 2.22. The van der Waals surface area contributed by atoms with E-state index in [0.717, 1.165) is 17.8 Å². The van der Waals surface area contributed by atoms with Gasteiger partial charge in [0.15, 0.2) is 5.01 Å². The van der Waals surface area contributed by atoms with Gasteiger partial charge in [-0.05, 0) is 19.4 Å². The van der Waals surface area contributed by atoms with E-state index in [4.69, 9.17) is 16.3 Å². The summed E-state index contributed by atoms with van der Waals surface area (Å²) in [5.41, 5.74) is 0.535. The molecule has 0 radical (unpaired) electrons. The average Bonchev–Trinajstić information content (AvgIpc) is 2.94. The summed E-state index contributed by atoms with van der Waals surface area (Å²) in [5.74, 6) is 0.806. The Morgan fingerprint density at radius 2 is 2.24 bits per heavy atom. The molecule has 6 nitrogen and oxygen atoms in total. The summed E-state index contributed by atoms with van der Waals surface area (Å²) >= 11 is 7.06. The lowest BCUT2D eigenvalue weighted by Gasteiger charge is -2.07. The minimum atomic E-state index is -0.454. The molecule has 2 rings (SSSR count). The third-order valence-electron chi connectivity index (χ3n) is 2.70. The molecule has 0 saturated carbocycles. The summed E-state index contributed by atoms with van der Waals surface area (Å²) in [6.07, 6.45) is 1.57. The fourth-order valence-electron chi connectivity index (χ4n) is 1.81. The normalized spacial score (nSPS) is 10.6. The predicted molar refractivity (Wildman–Crippen MR) is 82.2 cm³/mol. The molecule has 0 N–H and O–H groups in total. The van der Waals surface area contributed by atoms with Gasteiger partial charge in [-0.25, -0.2) is 0 Å². The largest absolute Gasteiger partial charge is 0.487 e. The van der Waals surface area contributed by atoms with Crippen LogP contribution in [0.3, 0.4) is 0 Å². The van der Waals surface area contributed by atoms with Gasteiger partial charge in [0.05, 0.1) is 17.1 Å². The van der Waals surface area contributed by atoms with E-state index < -0.39 is 4.92 Å². The quantitative estimate of drug-likeness (QED) is 0.440. The van der Waals surface area contributed by atoms with E-state index in [2.05, 4.69) is 10.2 Å². The summed E-state index contributed by atoms with van der Waals surface area (Å²) in [6.45, 7) is 2.13. The molecule has 0 aliphatic heterocycles. The summed E-state index contributed by atoms with van der Waals surface area (Å²) in [7, 11) is 0. The number of nitro groups is 1. The third-order valence-corrected chi connectivity index (χ3v) is 3.98. The first-order chi connectivity index (χ1) is 10.2. The molecule has 0 aliphatic carbocycles. The first-order valence-corrected chi connectivity index (χ1v) is 7.81. The number of nitro benzene ring substituents is 1. The fourth-order valence-corrected chi connectivity index (χ4v) is 2.85. The summed E-state index contributed by atoms with van der Waals surface area (Å²) < 4.78 is 5.45. The SMILES string of the molecule is CCOc1c(-c2nnc(CCCCl)s2)cccc1[N+](=O)[O-]. The molecule has 1 heterocycles. The van der Waals surface area contributed by atoms with Gasteiger partial charge in [-0.3, -0.25) is 10.1 Å². The Morgan fingerprint density at radius 3 is 2.90 bits per heavy atom. The van der Waals surface area contributed by atoms with Crippen LogP contribution in [0.5, 0.6) is 5.75 Å². The number of hydrogen-bond donors (Lipinski definition) is 0. The van der Waals surface area contributed by atoms with E-state index in [1.54, 1.807) is 19.1 Å². The highest BCUT2D eigenvalue weighted by Crippen LogP contribution is 2.39. The number of aromatic nitrogens is 2. The number of rotatable bonds is 7. The van der Waals surface area contributed by atoms with Crippen LogP contribution in [-0.4, -0.2) is 27.6 Å². The Labute approximate surface area is 130 Å². The summed E-state index contributed by atoms with van der Waals surface area (Å²) in [4.78, 5) is 10.7. The number of benzene rings is 1. The van der Waals surface area contributed by atoms with E-state index in [-0.39, 0.29) is 11.4 Å². The zero-order valence-corrected chi connectivity index (χ0v) is 13.0. The van der Waals surface area contributed by atoms with Crippen molar-refractivity contribution in [3.8, 4) is 16.3 Å². The maximum atomic E-state index is 11.1. The molecule has 0 fully saturated rings. The molecule has 2 aromatic rings. The van der Waals surface area contributed by atoms with Crippen LogP contribution in [-0.2, 0) is 6.42 Å². The Balaban J connectivity index is 2.40. The van der Waals surface area contributed by atoms with Crippen molar-refractivity contribution < 1.29 is 9.66 Å². The Bertz CT molecular complexity index is 633. The van der Waals surface area contributed by atoms with E-state index in [9.17, 15) is 10.1 Å². The Morgan fingerprint density at radius 1 is 1.43 bits per heavy atom. The van der Waals surface area contributed by atoms with Gasteiger partial charge in [0.25, 0.3) is 0 Å². The number of para-hydroxylation sites is 1. The zero-order chi connectivity index (χ0) is 15.2. The molecule has 0 spiro atoms. The smallest absolute Gasteiger partial charge is 0.311 e. The van der Waals surface area contributed by atoms with Crippen molar-refractivity contribution in [3.05, 3.63) is 33.3 Å². The number of alkyl halides is 1. The van der Waals surface area contributed by atoms with E-state index in [0.29, 0.717) is 23.1 Å². The molecule has 112 valence electrons. The molecule has 0 saturated heterocycles. The molecule has 0 aliphatic rings. The molecule has 1 aromatic carbocycles. The monoisotopic (exact) mass is 327 g/mol. The highest BCUT2D eigenvalue weighted by molar-refractivity contribution is 7.14. The van der Waals surface area contributed by atoms with Crippen molar-refractivity contribution in [2.75, 3.05) is 12.5 Å². The Hall–Kier alpha value is -1.73. The van der Waals surface area contributed by atoms with Gasteiger partial charge < -0.3 is 4.74 Å². The molecule has 0 atom stereocenters.